The molecule has 7 nitrogen and oxygen atoms in total. The number of fused-ring (bicyclic) bond motifs is 2. The largest absolute Gasteiger partial charge is 0.383 e. The Morgan fingerprint density at radius 2 is 2.03 bits per heavy atom. The second-order valence-electron chi connectivity index (χ2n) is 7.79. The highest BCUT2D eigenvalue weighted by atomic mass is 19.1. The Morgan fingerprint density at radius 1 is 1.19 bits per heavy atom. The molecule has 0 atom stereocenters. The van der Waals surface area contributed by atoms with Gasteiger partial charge in [0.05, 0.1) is 11.9 Å². The predicted molar refractivity (Wildman–Crippen MR) is 118 cm³/mol. The molecule has 0 amide bonds. The first-order valence-corrected chi connectivity index (χ1v) is 10.0. The fourth-order valence-electron chi connectivity index (χ4n) is 4.28. The van der Waals surface area contributed by atoms with Crippen molar-refractivity contribution in [1.82, 2.24) is 19.5 Å². The Morgan fingerprint density at radius 3 is 2.84 bits per heavy atom. The number of rotatable bonds is 4. The number of benzene rings is 1. The van der Waals surface area contributed by atoms with Crippen molar-refractivity contribution < 1.29 is 9.18 Å². The summed E-state index contributed by atoms with van der Waals surface area (Å²) >= 11 is 0. The Balaban J connectivity index is 1.51. The van der Waals surface area contributed by atoms with Gasteiger partial charge in [-0.2, -0.15) is 0 Å². The number of nitrogens with two attached hydrogens (primary N) is 1. The van der Waals surface area contributed by atoms with Crippen LogP contribution in [0.25, 0.3) is 22.2 Å². The maximum absolute atomic E-state index is 15.6. The number of anilines is 2. The lowest BCUT2D eigenvalue weighted by Gasteiger charge is -2.19. The quantitative estimate of drug-likeness (QED) is 0.514. The lowest BCUT2D eigenvalue weighted by molar-refractivity contribution is 0.0994. The number of pyridine rings is 1. The zero-order valence-electron chi connectivity index (χ0n) is 17.3. The zero-order valence-corrected chi connectivity index (χ0v) is 17.3. The minimum Gasteiger partial charge on any atom is -0.383 e. The van der Waals surface area contributed by atoms with Crippen LogP contribution < -0.4 is 10.6 Å². The third-order valence-electron chi connectivity index (χ3n) is 5.77. The second kappa shape index (κ2) is 7.16. The smallest absolute Gasteiger partial charge is 0.200 e. The van der Waals surface area contributed by atoms with Gasteiger partial charge in [0.25, 0.3) is 0 Å². The standard InChI is InChI=1S/C23H21FN6O/c1-13-4-3-5-17(28-13)19(31)11-30-9-8-15-18(30)7-6-14(21(15)24)16-10-29(2)23-20(16)22(25)26-12-27-23/h3-7,10,12H,8-9,11H2,1-2H3,(H2,25,26,27). The molecule has 31 heavy (non-hydrogen) atoms. The molecule has 0 saturated heterocycles. The summed E-state index contributed by atoms with van der Waals surface area (Å²) in [7, 11) is 1.84. The van der Waals surface area contributed by atoms with Crippen molar-refractivity contribution in [2.45, 2.75) is 13.3 Å². The first kappa shape index (κ1) is 19.2. The maximum Gasteiger partial charge on any atom is 0.200 e. The number of nitrogen functional groups attached to an aromatic ring is 1. The van der Waals surface area contributed by atoms with Crippen molar-refractivity contribution >= 4 is 28.3 Å². The molecule has 0 aliphatic carbocycles. The molecule has 0 unspecified atom stereocenters. The summed E-state index contributed by atoms with van der Waals surface area (Å²) in [5.74, 6) is -0.0599. The fraction of sp³-hybridized carbons (Fsp3) is 0.217. The summed E-state index contributed by atoms with van der Waals surface area (Å²) in [6, 6.07) is 8.99. The summed E-state index contributed by atoms with van der Waals surface area (Å²) in [6.07, 6.45) is 3.75. The van der Waals surface area contributed by atoms with E-state index in [9.17, 15) is 4.79 Å². The second-order valence-corrected chi connectivity index (χ2v) is 7.79. The molecule has 5 rings (SSSR count). The van der Waals surface area contributed by atoms with E-state index in [0.29, 0.717) is 52.2 Å². The molecule has 0 bridgehead atoms. The minimum atomic E-state index is -0.295. The third-order valence-corrected chi connectivity index (χ3v) is 5.77. The molecule has 0 saturated carbocycles. The minimum absolute atomic E-state index is 0.0833. The molecule has 2 N–H and O–H groups in total. The highest BCUT2D eigenvalue weighted by molar-refractivity contribution is 6.01. The van der Waals surface area contributed by atoms with E-state index in [1.165, 1.54) is 6.33 Å². The van der Waals surface area contributed by atoms with E-state index in [-0.39, 0.29) is 18.1 Å². The molecule has 4 aromatic rings. The van der Waals surface area contributed by atoms with Crippen molar-refractivity contribution in [2.24, 2.45) is 7.05 Å². The Kier molecular flexibility index (Phi) is 4.43. The molecular formula is C23H21FN6O. The van der Waals surface area contributed by atoms with E-state index in [4.69, 9.17) is 5.73 Å². The van der Waals surface area contributed by atoms with Crippen molar-refractivity contribution in [3.63, 3.8) is 0 Å². The first-order chi connectivity index (χ1) is 14.9. The van der Waals surface area contributed by atoms with Gasteiger partial charge in [-0.25, -0.2) is 19.3 Å². The SMILES string of the molecule is Cc1cccc(C(=O)CN2CCc3c2ccc(-c2cn(C)c4ncnc(N)c24)c3F)n1. The average Bonchev–Trinajstić information content (AvgIpc) is 3.31. The first-order valence-electron chi connectivity index (χ1n) is 10.0. The van der Waals surface area contributed by atoms with Crippen LogP contribution in [-0.4, -0.2) is 38.4 Å². The number of halogens is 1. The van der Waals surface area contributed by atoms with Gasteiger partial charge < -0.3 is 15.2 Å². The summed E-state index contributed by atoms with van der Waals surface area (Å²) in [6.45, 7) is 2.59. The highest BCUT2D eigenvalue weighted by Gasteiger charge is 2.27. The van der Waals surface area contributed by atoms with Crippen LogP contribution in [0.2, 0.25) is 0 Å². The van der Waals surface area contributed by atoms with Crippen molar-refractivity contribution in [2.75, 3.05) is 23.7 Å². The average molecular weight is 416 g/mol. The van der Waals surface area contributed by atoms with E-state index >= 15 is 4.39 Å². The Labute approximate surface area is 178 Å². The molecule has 0 radical (unpaired) electrons. The maximum atomic E-state index is 15.6. The summed E-state index contributed by atoms with van der Waals surface area (Å²) in [5.41, 5.74) is 10.4. The number of carbonyl (C=O) groups is 1. The van der Waals surface area contributed by atoms with E-state index in [2.05, 4.69) is 15.0 Å². The van der Waals surface area contributed by atoms with Crippen LogP contribution in [0.3, 0.4) is 0 Å². The van der Waals surface area contributed by atoms with Crippen molar-refractivity contribution in [3.05, 3.63) is 65.6 Å². The van der Waals surface area contributed by atoms with Gasteiger partial charge in [0.1, 0.15) is 29.3 Å². The lowest BCUT2D eigenvalue weighted by Crippen LogP contribution is -2.28. The van der Waals surface area contributed by atoms with Gasteiger partial charge in [0, 0.05) is 47.9 Å². The van der Waals surface area contributed by atoms with Gasteiger partial charge in [0.2, 0.25) is 0 Å². The normalized spacial score (nSPS) is 13.1. The molecule has 4 heterocycles. The van der Waals surface area contributed by atoms with Crippen molar-refractivity contribution in [3.8, 4) is 11.1 Å². The van der Waals surface area contributed by atoms with E-state index < -0.39 is 0 Å². The monoisotopic (exact) mass is 416 g/mol. The van der Waals surface area contributed by atoms with Crippen LogP contribution in [-0.2, 0) is 13.5 Å². The lowest BCUT2D eigenvalue weighted by atomic mass is 10.0. The number of aryl methyl sites for hydroxylation is 2. The molecule has 1 aliphatic rings. The third kappa shape index (κ3) is 3.11. The predicted octanol–water partition coefficient (Wildman–Crippen LogP) is 3.31. The summed E-state index contributed by atoms with van der Waals surface area (Å²) < 4.78 is 17.4. The van der Waals surface area contributed by atoms with Gasteiger partial charge in [-0.05, 0) is 37.6 Å². The van der Waals surface area contributed by atoms with Crippen molar-refractivity contribution in [1.29, 1.82) is 0 Å². The number of aromatic nitrogens is 4. The molecule has 0 spiro atoms. The topological polar surface area (TPSA) is 89.9 Å². The molecule has 1 aliphatic heterocycles. The Bertz CT molecular complexity index is 1350. The number of ketones is 1. The number of Topliss-reactive ketones (excluding diaryl/α,β-unsaturated/α-hetero) is 1. The number of hydrogen-bond acceptors (Lipinski definition) is 6. The van der Waals surface area contributed by atoms with Crippen LogP contribution in [0.4, 0.5) is 15.9 Å². The van der Waals surface area contributed by atoms with E-state index in [1.54, 1.807) is 12.1 Å². The van der Waals surface area contributed by atoms with Gasteiger partial charge in [-0.3, -0.25) is 4.79 Å². The van der Waals surface area contributed by atoms with Gasteiger partial charge in [0.15, 0.2) is 5.78 Å². The van der Waals surface area contributed by atoms with Gasteiger partial charge in [-0.1, -0.05) is 6.07 Å². The number of hydrogen-bond donors (Lipinski definition) is 1. The summed E-state index contributed by atoms with van der Waals surface area (Å²) in [5, 5.41) is 0.638. The van der Waals surface area contributed by atoms with Crippen LogP contribution in [0.5, 0.6) is 0 Å². The zero-order chi connectivity index (χ0) is 21.7. The van der Waals surface area contributed by atoms with Crippen LogP contribution in [0, 0.1) is 12.7 Å². The molecule has 3 aromatic heterocycles. The fourth-order valence-corrected chi connectivity index (χ4v) is 4.28. The Hall–Kier alpha value is -3.81. The van der Waals surface area contributed by atoms with E-state index in [1.807, 2.05) is 47.8 Å². The van der Waals surface area contributed by atoms with Gasteiger partial charge >= 0.3 is 0 Å². The molecule has 1 aromatic carbocycles. The van der Waals surface area contributed by atoms with E-state index in [0.717, 1.165) is 11.4 Å². The molecule has 156 valence electrons. The van der Waals surface area contributed by atoms with Gasteiger partial charge in [-0.15, -0.1) is 0 Å². The molecule has 0 fully saturated rings. The van der Waals surface area contributed by atoms with Crippen LogP contribution in [0.1, 0.15) is 21.7 Å². The van der Waals surface area contributed by atoms with Crippen LogP contribution in [0.15, 0.2) is 42.9 Å². The highest BCUT2D eigenvalue weighted by Crippen LogP contribution is 2.39. The molecular weight excluding hydrogens is 395 g/mol. The summed E-state index contributed by atoms with van der Waals surface area (Å²) in [4.78, 5) is 27.2. The number of nitrogens with zero attached hydrogens (tertiary/aromatic N) is 5. The van der Waals surface area contributed by atoms with Crippen LogP contribution >= 0.6 is 0 Å². The number of carbonyl (C=O) groups excluding carboxylic acids is 1. The molecule has 8 heteroatoms.